The molecule has 0 aliphatic carbocycles. The smallest absolute Gasteiger partial charge is 0.348 e. The van der Waals surface area contributed by atoms with E-state index in [1.807, 2.05) is 0 Å². The maximum absolute atomic E-state index is 12.7. The van der Waals surface area contributed by atoms with Crippen molar-refractivity contribution >= 4 is 5.91 Å². The Balaban J connectivity index is 1.65. The van der Waals surface area contributed by atoms with Crippen LogP contribution in [-0.2, 0) is 19.8 Å². The van der Waals surface area contributed by atoms with E-state index in [9.17, 15) is 18.0 Å². The summed E-state index contributed by atoms with van der Waals surface area (Å²) in [6.45, 7) is -0.00684. The molecule has 1 aromatic carbocycles. The first kappa shape index (κ1) is 17.7. The topological polar surface area (TPSA) is 59.8 Å². The summed E-state index contributed by atoms with van der Waals surface area (Å²) in [5.41, 5.74) is 1.44. The second kappa shape index (κ2) is 6.99. The first-order chi connectivity index (χ1) is 12.3. The fourth-order valence-corrected chi connectivity index (χ4v) is 2.39. The number of benzene rings is 1. The highest BCUT2D eigenvalue weighted by Crippen LogP contribution is 2.29. The van der Waals surface area contributed by atoms with Crippen molar-refractivity contribution in [1.29, 1.82) is 0 Å². The molecule has 1 amide bonds. The van der Waals surface area contributed by atoms with Crippen LogP contribution in [0.15, 0.2) is 55.0 Å². The Morgan fingerprint density at radius 2 is 2.00 bits per heavy atom. The molecule has 0 fully saturated rings. The number of amides is 1. The molecule has 2 heterocycles. The van der Waals surface area contributed by atoms with Crippen molar-refractivity contribution in [3.8, 4) is 11.3 Å². The summed E-state index contributed by atoms with van der Waals surface area (Å²) < 4.78 is 39.8. The Kier molecular flexibility index (Phi) is 4.75. The number of carbonyl (C=O) groups excluding carboxylic acids is 1. The third-order valence-corrected chi connectivity index (χ3v) is 3.73. The maximum Gasteiger partial charge on any atom is 0.416 e. The van der Waals surface area contributed by atoms with Crippen molar-refractivity contribution in [2.75, 3.05) is 0 Å². The van der Waals surface area contributed by atoms with Gasteiger partial charge in [-0.2, -0.15) is 18.3 Å². The van der Waals surface area contributed by atoms with Crippen molar-refractivity contribution in [2.24, 2.45) is 7.05 Å². The molecule has 0 spiro atoms. The summed E-state index contributed by atoms with van der Waals surface area (Å²) >= 11 is 0. The number of carbonyl (C=O) groups is 1. The first-order valence-corrected chi connectivity index (χ1v) is 7.72. The van der Waals surface area contributed by atoms with E-state index in [-0.39, 0.29) is 6.54 Å². The van der Waals surface area contributed by atoms with Crippen LogP contribution in [0, 0.1) is 0 Å². The van der Waals surface area contributed by atoms with Crippen molar-refractivity contribution in [3.05, 3.63) is 71.7 Å². The van der Waals surface area contributed by atoms with Gasteiger partial charge in [-0.3, -0.25) is 14.5 Å². The van der Waals surface area contributed by atoms with Gasteiger partial charge in [0.15, 0.2) is 0 Å². The van der Waals surface area contributed by atoms with Crippen LogP contribution < -0.4 is 5.32 Å². The molecular weight excluding hydrogens is 345 g/mol. The predicted octanol–water partition coefficient (Wildman–Crippen LogP) is 3.43. The number of hydrogen-bond donors (Lipinski definition) is 1. The van der Waals surface area contributed by atoms with Crippen LogP contribution in [-0.4, -0.2) is 20.7 Å². The van der Waals surface area contributed by atoms with E-state index in [0.717, 1.165) is 17.7 Å². The number of aryl methyl sites for hydroxylation is 1. The van der Waals surface area contributed by atoms with Crippen LogP contribution in [0.2, 0.25) is 0 Å². The third-order valence-electron chi connectivity index (χ3n) is 3.73. The zero-order chi connectivity index (χ0) is 18.7. The van der Waals surface area contributed by atoms with E-state index in [0.29, 0.717) is 16.8 Å². The molecule has 134 valence electrons. The number of pyridine rings is 1. The highest BCUT2D eigenvalue weighted by atomic mass is 19.4. The fourth-order valence-electron chi connectivity index (χ4n) is 2.39. The third kappa shape index (κ3) is 4.08. The lowest BCUT2D eigenvalue weighted by Gasteiger charge is -2.09. The standard InChI is InChI=1S/C18H15F3N4O/c1-25-11-14(10-24-25)16-6-5-13(9-22-16)17(26)23-8-12-3-2-4-15(7-12)18(19,20)21/h2-7,9-11H,8H2,1H3,(H,23,26). The average molecular weight is 360 g/mol. The molecule has 0 saturated carbocycles. The minimum Gasteiger partial charge on any atom is -0.348 e. The number of hydrogen-bond acceptors (Lipinski definition) is 3. The summed E-state index contributed by atoms with van der Waals surface area (Å²) in [7, 11) is 1.79. The Hall–Kier alpha value is -3.16. The lowest BCUT2D eigenvalue weighted by molar-refractivity contribution is -0.137. The molecule has 0 saturated heterocycles. The molecule has 5 nitrogen and oxygen atoms in total. The van der Waals surface area contributed by atoms with Crippen LogP contribution in [0.1, 0.15) is 21.5 Å². The molecule has 2 aromatic heterocycles. The maximum atomic E-state index is 12.7. The molecule has 0 aliphatic rings. The second-order valence-corrected chi connectivity index (χ2v) is 5.72. The Morgan fingerprint density at radius 3 is 2.62 bits per heavy atom. The minimum atomic E-state index is -4.41. The summed E-state index contributed by atoms with van der Waals surface area (Å²) in [5, 5.41) is 6.65. The molecule has 0 atom stereocenters. The van der Waals surface area contributed by atoms with Gasteiger partial charge < -0.3 is 5.32 Å². The van der Waals surface area contributed by atoms with Gasteiger partial charge in [0.05, 0.1) is 23.0 Å². The van der Waals surface area contributed by atoms with Gasteiger partial charge >= 0.3 is 6.18 Å². The molecule has 3 rings (SSSR count). The summed E-state index contributed by atoms with van der Waals surface area (Å²) in [6.07, 6.45) is 0.474. The lowest BCUT2D eigenvalue weighted by Crippen LogP contribution is -2.23. The van der Waals surface area contributed by atoms with E-state index in [1.165, 1.54) is 18.3 Å². The molecule has 0 aliphatic heterocycles. The molecule has 0 radical (unpaired) electrons. The van der Waals surface area contributed by atoms with Crippen LogP contribution in [0.25, 0.3) is 11.3 Å². The Labute approximate surface area is 147 Å². The van der Waals surface area contributed by atoms with Gasteiger partial charge in [-0.15, -0.1) is 0 Å². The number of nitrogens with zero attached hydrogens (tertiary/aromatic N) is 3. The van der Waals surface area contributed by atoms with Crippen LogP contribution in [0.3, 0.4) is 0 Å². The lowest BCUT2D eigenvalue weighted by atomic mass is 10.1. The van der Waals surface area contributed by atoms with E-state index in [4.69, 9.17) is 0 Å². The zero-order valence-corrected chi connectivity index (χ0v) is 13.8. The Bertz CT molecular complexity index is 917. The van der Waals surface area contributed by atoms with Crippen molar-refractivity contribution < 1.29 is 18.0 Å². The molecule has 0 unspecified atom stereocenters. The van der Waals surface area contributed by atoms with Crippen LogP contribution in [0.4, 0.5) is 13.2 Å². The monoisotopic (exact) mass is 360 g/mol. The van der Waals surface area contributed by atoms with Crippen LogP contribution >= 0.6 is 0 Å². The van der Waals surface area contributed by atoms with Gasteiger partial charge in [-0.1, -0.05) is 12.1 Å². The van der Waals surface area contributed by atoms with E-state index in [2.05, 4.69) is 15.4 Å². The summed E-state index contributed by atoms with van der Waals surface area (Å²) in [4.78, 5) is 16.4. The van der Waals surface area contributed by atoms with E-state index >= 15 is 0 Å². The van der Waals surface area contributed by atoms with Gasteiger partial charge in [0.2, 0.25) is 0 Å². The summed E-state index contributed by atoms with van der Waals surface area (Å²) in [5.74, 6) is -0.410. The zero-order valence-electron chi connectivity index (χ0n) is 13.8. The number of nitrogens with one attached hydrogen (secondary N) is 1. The van der Waals surface area contributed by atoms with E-state index < -0.39 is 17.6 Å². The molecule has 1 N–H and O–H groups in total. The molecule has 3 aromatic rings. The minimum absolute atomic E-state index is 0.00684. The molecular formula is C18H15F3N4O. The predicted molar refractivity (Wildman–Crippen MR) is 89.1 cm³/mol. The normalized spacial score (nSPS) is 11.4. The van der Waals surface area contributed by atoms with E-state index in [1.54, 1.807) is 36.3 Å². The summed E-state index contributed by atoms with van der Waals surface area (Å²) in [6, 6.07) is 8.15. The molecule has 8 heteroatoms. The SMILES string of the molecule is Cn1cc(-c2ccc(C(=O)NCc3cccc(C(F)(F)F)c3)cn2)cn1. The highest BCUT2D eigenvalue weighted by Gasteiger charge is 2.30. The van der Waals surface area contributed by atoms with Crippen molar-refractivity contribution in [3.63, 3.8) is 0 Å². The van der Waals surface area contributed by atoms with Gasteiger partial charge in [0, 0.05) is 31.5 Å². The Morgan fingerprint density at radius 1 is 1.19 bits per heavy atom. The van der Waals surface area contributed by atoms with Crippen LogP contribution in [0.5, 0.6) is 0 Å². The second-order valence-electron chi connectivity index (χ2n) is 5.72. The molecule has 26 heavy (non-hydrogen) atoms. The van der Waals surface area contributed by atoms with Crippen molar-refractivity contribution in [1.82, 2.24) is 20.1 Å². The van der Waals surface area contributed by atoms with Gasteiger partial charge in [-0.05, 0) is 29.8 Å². The first-order valence-electron chi connectivity index (χ1n) is 7.72. The van der Waals surface area contributed by atoms with Crippen molar-refractivity contribution in [2.45, 2.75) is 12.7 Å². The number of rotatable bonds is 4. The van der Waals surface area contributed by atoms with Gasteiger partial charge in [0.25, 0.3) is 5.91 Å². The average Bonchev–Trinajstić information content (AvgIpc) is 3.06. The largest absolute Gasteiger partial charge is 0.416 e. The number of halogens is 3. The quantitative estimate of drug-likeness (QED) is 0.775. The fraction of sp³-hybridized carbons (Fsp3) is 0.167. The van der Waals surface area contributed by atoms with Gasteiger partial charge in [0.1, 0.15) is 0 Å². The molecule has 0 bridgehead atoms. The van der Waals surface area contributed by atoms with Gasteiger partial charge in [-0.25, -0.2) is 0 Å². The highest BCUT2D eigenvalue weighted by molar-refractivity contribution is 5.94. The number of aromatic nitrogens is 3. The number of alkyl halides is 3.